The molecule has 3 heterocycles. The number of rotatable bonds is 28. The second-order valence-corrected chi connectivity index (χ2v) is 24.9. The molecule has 3 aliphatic rings. The van der Waals surface area contributed by atoms with Crippen LogP contribution in [0.1, 0.15) is 147 Å². The van der Waals surface area contributed by atoms with Gasteiger partial charge in [0.05, 0.1) is 37.6 Å². The van der Waals surface area contributed by atoms with Crippen LogP contribution in [0.15, 0.2) is 24.3 Å². The second-order valence-electron chi connectivity index (χ2n) is 24.9. The van der Waals surface area contributed by atoms with E-state index in [-0.39, 0.29) is 31.8 Å². The van der Waals surface area contributed by atoms with Crippen LogP contribution in [0, 0.1) is 11.8 Å². The van der Waals surface area contributed by atoms with Crippen molar-refractivity contribution in [1.29, 1.82) is 0 Å². The number of fused-ring (bicyclic) bond motifs is 2. The number of hydrogen-bond donors (Lipinski definition) is 8. The Hall–Kier alpha value is -5.09. The molecule has 0 radical (unpaired) electrons. The number of aliphatic hydroxyl groups excluding tert-OH is 4. The zero-order chi connectivity index (χ0) is 68.6. The number of carbonyl (C=O) groups excluding carboxylic acids is 7. The molecule has 3 saturated heterocycles. The fourth-order valence-electron chi connectivity index (χ4n) is 12.5. The molecule has 502 valence electrons. The van der Waals surface area contributed by atoms with Crippen molar-refractivity contribution in [1.82, 2.24) is 45.3 Å². The quantitative estimate of drug-likeness (QED) is 0.0549. The molecule has 0 saturated carbocycles. The van der Waals surface area contributed by atoms with Gasteiger partial charge in [0.1, 0.15) is 60.4 Å². The van der Waals surface area contributed by atoms with Crippen molar-refractivity contribution >= 4 is 41.4 Å². The Morgan fingerprint density at radius 2 is 1.41 bits per heavy atom. The molecular formula is C63H110N10O15. The van der Waals surface area contributed by atoms with E-state index in [2.05, 4.69) is 36.7 Å². The fraction of sp³-hybridized carbons (Fsp3) is 0.794. The Bertz CT molecular complexity index is 2520. The first-order chi connectivity index (χ1) is 42.6. The summed E-state index contributed by atoms with van der Waals surface area (Å²) in [5.41, 5.74) is 6.25. The van der Waals surface area contributed by atoms with E-state index in [4.69, 9.17) is 28.8 Å². The number of hydrogen-bond acceptors (Lipinski definition) is 18. The summed E-state index contributed by atoms with van der Waals surface area (Å²) in [6.07, 6.45) is -5.28. The van der Waals surface area contributed by atoms with Gasteiger partial charge in [-0.25, -0.2) is 0 Å². The molecule has 0 aliphatic carbocycles. The van der Waals surface area contributed by atoms with Crippen molar-refractivity contribution < 1.29 is 77.0 Å². The highest BCUT2D eigenvalue weighted by Crippen LogP contribution is 2.32. The van der Waals surface area contributed by atoms with Gasteiger partial charge in [-0.05, 0) is 90.1 Å². The lowest BCUT2D eigenvalue weighted by Gasteiger charge is -2.42. The highest BCUT2D eigenvalue weighted by atomic mass is 16.5. The van der Waals surface area contributed by atoms with Gasteiger partial charge in [-0.2, -0.15) is 0 Å². The molecule has 9 N–H and O–H groups in total. The third-order valence-electron chi connectivity index (χ3n) is 18.2. The van der Waals surface area contributed by atoms with Gasteiger partial charge in [0.2, 0.25) is 41.4 Å². The molecule has 88 heavy (non-hydrogen) atoms. The highest BCUT2D eigenvalue weighted by Gasteiger charge is 2.52. The fourth-order valence-corrected chi connectivity index (χ4v) is 12.5. The average molecular weight is 1250 g/mol. The normalized spacial score (nSPS) is 28.7. The third kappa shape index (κ3) is 20.0. The van der Waals surface area contributed by atoms with Gasteiger partial charge in [0.15, 0.2) is 0 Å². The Morgan fingerprint density at radius 3 is 1.98 bits per heavy atom. The molecule has 25 heteroatoms. The van der Waals surface area contributed by atoms with Gasteiger partial charge in [-0.3, -0.25) is 38.9 Å². The zero-order valence-electron chi connectivity index (χ0n) is 58.0. The van der Waals surface area contributed by atoms with E-state index in [0.29, 0.717) is 36.0 Å². The van der Waals surface area contributed by atoms with E-state index in [1.54, 1.807) is 38.4 Å². The van der Waals surface area contributed by atoms with Crippen LogP contribution in [0.25, 0.3) is 0 Å². The minimum absolute atomic E-state index is 0.0409. The van der Waals surface area contributed by atoms with Crippen LogP contribution in [0.3, 0.4) is 0 Å². The van der Waals surface area contributed by atoms with Crippen molar-refractivity contribution in [3.05, 3.63) is 29.8 Å². The summed E-state index contributed by atoms with van der Waals surface area (Å²) in [5.74, 6) is -4.95. The molecule has 7 amide bonds. The number of benzene rings is 1. The minimum Gasteiger partial charge on any atom is -0.497 e. The molecule has 5 unspecified atom stereocenters. The summed E-state index contributed by atoms with van der Waals surface area (Å²) in [4.78, 5) is 114. The van der Waals surface area contributed by atoms with Gasteiger partial charge >= 0.3 is 0 Å². The van der Waals surface area contributed by atoms with Crippen LogP contribution >= 0.6 is 0 Å². The summed E-state index contributed by atoms with van der Waals surface area (Å²) in [6, 6.07) is -7.10. The first kappa shape index (κ1) is 70.4. The Labute approximate surface area is 527 Å². The predicted molar refractivity (Wildman–Crippen MR) is 332 cm³/mol. The first-order valence-electron chi connectivity index (χ1n) is 32.8. The van der Waals surface area contributed by atoms with Crippen molar-refractivity contribution in [3.63, 3.8) is 0 Å². The third-order valence-corrected chi connectivity index (χ3v) is 18.2. The van der Waals surface area contributed by atoms with Gasteiger partial charge in [0, 0.05) is 97.5 Å². The number of likely N-dealkylation sites (N-methyl/N-ethyl adjacent to an activating group) is 3. The van der Waals surface area contributed by atoms with Gasteiger partial charge in [-0.1, -0.05) is 77.8 Å². The summed E-state index contributed by atoms with van der Waals surface area (Å²) in [6.45, 7) is 7.29. The van der Waals surface area contributed by atoms with Crippen LogP contribution in [0.2, 0.25) is 0 Å². The van der Waals surface area contributed by atoms with E-state index in [0.717, 1.165) is 72.1 Å². The number of nitrogens with zero attached hydrogens (tertiary/aromatic N) is 6. The molecule has 1 aromatic rings. The number of ether oxygens (including phenoxy) is 4. The summed E-state index contributed by atoms with van der Waals surface area (Å²) in [7, 11) is 12.6. The summed E-state index contributed by atoms with van der Waals surface area (Å²) in [5, 5.41) is 56.1. The van der Waals surface area contributed by atoms with Gasteiger partial charge in [-0.15, -0.1) is 0 Å². The number of methoxy groups -OCH3 is 4. The topological polar surface area (TPSA) is 319 Å². The molecule has 25 nitrogen and oxygen atoms in total. The molecule has 4 rings (SSSR count). The molecule has 18 atom stereocenters. The number of unbranched alkanes of at least 4 members (excludes halogenated alkanes) is 5. The first-order valence-corrected chi connectivity index (χ1v) is 31.3. The monoisotopic (exact) mass is 1250 g/mol. The Morgan fingerprint density at radius 1 is 0.795 bits per heavy atom. The molecule has 0 spiro atoms. The molecule has 3 fully saturated rings. The molecule has 0 bridgehead atoms. The van der Waals surface area contributed by atoms with Gasteiger partial charge < -0.3 is 85.1 Å². The number of nitrogens with one attached hydrogen (secondary N) is 3. The summed E-state index contributed by atoms with van der Waals surface area (Å²) >= 11 is 0. The highest BCUT2D eigenvalue weighted by molar-refractivity contribution is 5.98. The Kier molecular flexibility index (Phi) is 28.9. The molecule has 1 aromatic carbocycles. The molecular weight excluding hydrogens is 1140 g/mol. The van der Waals surface area contributed by atoms with E-state index in [1.807, 2.05) is 11.8 Å². The minimum atomic E-state index is -2.88. The van der Waals surface area contributed by atoms with Crippen molar-refractivity contribution in [2.45, 2.75) is 229 Å². The largest absolute Gasteiger partial charge is 0.497 e. The number of carbonyl (C=O) groups is 7. The smallest absolute Gasteiger partial charge is 0.249 e. The summed E-state index contributed by atoms with van der Waals surface area (Å²) < 4.78 is 49.2. The Balaban J connectivity index is 1.97. The second kappa shape index (κ2) is 36.1. The average Bonchev–Trinajstić information content (AvgIpc) is 1.80. The van der Waals surface area contributed by atoms with Crippen molar-refractivity contribution in [2.24, 2.45) is 17.6 Å². The maximum absolute atomic E-state index is 15.9. The van der Waals surface area contributed by atoms with E-state index in [9.17, 15) is 25.2 Å². The van der Waals surface area contributed by atoms with Crippen molar-refractivity contribution in [3.8, 4) is 5.75 Å². The van der Waals surface area contributed by atoms with Crippen molar-refractivity contribution in [2.75, 3.05) is 83.3 Å². The zero-order valence-corrected chi connectivity index (χ0v) is 55.0. The maximum atomic E-state index is 15.9. The van der Waals surface area contributed by atoms with E-state index < -0.39 is 158 Å². The maximum Gasteiger partial charge on any atom is 0.249 e. The number of amides is 7. The van der Waals surface area contributed by atoms with Crippen LogP contribution in [0.5, 0.6) is 5.75 Å². The molecule has 0 aromatic heterocycles. The van der Waals surface area contributed by atoms with Crippen LogP contribution in [-0.2, 0) is 47.8 Å². The number of aliphatic hydroxyl groups is 4. The van der Waals surface area contributed by atoms with E-state index >= 15 is 28.8 Å². The van der Waals surface area contributed by atoms with Crippen LogP contribution < -0.4 is 26.4 Å². The standard InChI is InChI=1S/C63H110N10O15/c1-16-37(2)31-38(3)23-21-19-17-18-20-22-24-50(77)66-45-34-47(76)57(65-39(4)35-64)71(11)61(82)54-48(86-13)29-30-72(54)63(84)53(49(87-14)32-40(5)68(7)8)70(10)60(81)51(55(78)56(88-15)42-25-27-44(85-12)28-26-42)67-58(79)46-33-43(75)36-73(46)62(83)52(41(6)74)69(9)59(45)80/h25-28,37-41,43,45-49,51-57,65,74-76,78H,16-24,29-36,64H2,1-15H3,(H,66,77)(H,67,79)/t37?,38?,39?,40?,41-,43-,45+,46?,47-,48+,49-,51+,52+,53+,54+,55+,56+,57+/m1/s1/i35D2,39D. The molecule has 3 aliphatic heterocycles. The lowest BCUT2D eigenvalue weighted by Crippen LogP contribution is -2.65. The van der Waals surface area contributed by atoms with Crippen LogP contribution in [0.4, 0.5) is 0 Å². The van der Waals surface area contributed by atoms with Gasteiger partial charge in [0.25, 0.3) is 0 Å². The lowest BCUT2D eigenvalue weighted by atomic mass is 9.91. The number of nitrogens with two attached hydrogens (primary N) is 1. The van der Waals surface area contributed by atoms with Crippen LogP contribution in [-0.4, -0.2) is 266 Å². The predicted octanol–water partition coefficient (Wildman–Crippen LogP) is 1.36. The SMILES string of the molecule is [2H]C([2H])(N)C([2H])(C)N[C@@H]1[C@H](O)C[C@H](NC(=O)CCCCCCCCC(C)CC(C)CC)C(=O)N(C)[C@@H]([C@@H](C)O)C(=O)N2C[C@H](O)CC2C(=O)N[C@@H]([C@H](O)[C@@H](OC)c2ccc(OC)cc2)C(=O)N(C)[C@@H]([C@@H](CC(C)N(C)C)OC)C(=O)N2CC[C@H](OC)[C@H]2C(=O)N1C. The van der Waals surface area contributed by atoms with E-state index in [1.165, 1.54) is 60.8 Å². The lowest BCUT2D eigenvalue weighted by molar-refractivity contribution is -0.160.